The van der Waals surface area contributed by atoms with Crippen LogP contribution >= 0.6 is 0 Å². The highest BCUT2D eigenvalue weighted by atomic mass is 16.5. The average molecular weight is 337 g/mol. The predicted octanol–water partition coefficient (Wildman–Crippen LogP) is 3.07. The summed E-state index contributed by atoms with van der Waals surface area (Å²) in [4.78, 5) is 12.2. The lowest BCUT2D eigenvalue weighted by molar-refractivity contribution is -0.115. The Bertz CT molecular complexity index is 859. The molecule has 0 saturated heterocycles. The molecule has 0 saturated carbocycles. The van der Waals surface area contributed by atoms with Crippen LogP contribution in [0, 0.1) is 0 Å². The quantitative estimate of drug-likeness (QED) is 0.751. The molecule has 2 aromatic carbocycles. The maximum absolute atomic E-state index is 12.2. The van der Waals surface area contributed by atoms with Gasteiger partial charge in [0.25, 0.3) is 0 Å². The highest BCUT2D eigenvalue weighted by Gasteiger charge is 2.10. The van der Waals surface area contributed by atoms with E-state index in [1.165, 1.54) is 0 Å². The summed E-state index contributed by atoms with van der Waals surface area (Å²) in [5.41, 5.74) is 1.76. The van der Waals surface area contributed by atoms with Crippen LogP contribution in [0.1, 0.15) is 5.56 Å². The molecule has 0 aliphatic carbocycles. The molecular formula is C19H19N3O3. The van der Waals surface area contributed by atoms with E-state index in [4.69, 9.17) is 9.47 Å². The average Bonchev–Trinajstić information content (AvgIpc) is 3.10. The van der Waals surface area contributed by atoms with Gasteiger partial charge in [0.15, 0.2) is 17.3 Å². The molecule has 1 heterocycles. The molecule has 6 heteroatoms. The van der Waals surface area contributed by atoms with Crippen LogP contribution in [-0.2, 0) is 11.2 Å². The van der Waals surface area contributed by atoms with E-state index in [0.717, 1.165) is 11.3 Å². The van der Waals surface area contributed by atoms with E-state index in [0.29, 0.717) is 17.3 Å². The number of methoxy groups -OCH3 is 2. The SMILES string of the molecule is COc1ccc(CC(=O)Nc2ccn(-c3ccccc3)n2)cc1OC. The molecule has 1 aromatic heterocycles. The van der Waals surface area contributed by atoms with Crippen LogP contribution in [0.3, 0.4) is 0 Å². The zero-order valence-electron chi connectivity index (χ0n) is 14.1. The maximum Gasteiger partial charge on any atom is 0.229 e. The largest absolute Gasteiger partial charge is 0.493 e. The molecule has 0 aliphatic rings. The van der Waals surface area contributed by atoms with Crippen molar-refractivity contribution < 1.29 is 14.3 Å². The van der Waals surface area contributed by atoms with E-state index in [-0.39, 0.29) is 12.3 Å². The van der Waals surface area contributed by atoms with Crippen LogP contribution in [0.2, 0.25) is 0 Å². The second kappa shape index (κ2) is 7.53. The number of benzene rings is 2. The molecule has 128 valence electrons. The van der Waals surface area contributed by atoms with Crippen LogP contribution in [0.5, 0.6) is 11.5 Å². The molecule has 0 bridgehead atoms. The molecule has 0 unspecified atom stereocenters. The molecule has 1 amide bonds. The monoisotopic (exact) mass is 337 g/mol. The number of aromatic nitrogens is 2. The van der Waals surface area contributed by atoms with Gasteiger partial charge in [-0.25, -0.2) is 4.68 Å². The van der Waals surface area contributed by atoms with Crippen LogP contribution in [0.25, 0.3) is 5.69 Å². The molecule has 0 radical (unpaired) electrons. The Morgan fingerprint density at radius 3 is 2.52 bits per heavy atom. The van der Waals surface area contributed by atoms with Crippen LogP contribution < -0.4 is 14.8 Å². The van der Waals surface area contributed by atoms with Crippen molar-refractivity contribution >= 4 is 11.7 Å². The smallest absolute Gasteiger partial charge is 0.229 e. The number of hydrogen-bond acceptors (Lipinski definition) is 4. The van der Waals surface area contributed by atoms with Gasteiger partial charge < -0.3 is 14.8 Å². The third kappa shape index (κ3) is 3.98. The second-order valence-electron chi connectivity index (χ2n) is 5.40. The van der Waals surface area contributed by atoms with E-state index in [1.54, 1.807) is 43.3 Å². The molecule has 0 fully saturated rings. The number of carbonyl (C=O) groups excluding carboxylic acids is 1. The van der Waals surface area contributed by atoms with Gasteiger partial charge in [0.05, 0.1) is 26.3 Å². The van der Waals surface area contributed by atoms with Crippen molar-refractivity contribution in [1.29, 1.82) is 0 Å². The van der Waals surface area contributed by atoms with Gasteiger partial charge in [0.1, 0.15) is 0 Å². The van der Waals surface area contributed by atoms with Gasteiger partial charge in [0.2, 0.25) is 5.91 Å². The van der Waals surface area contributed by atoms with Gasteiger partial charge >= 0.3 is 0 Å². The second-order valence-corrected chi connectivity index (χ2v) is 5.40. The first kappa shape index (κ1) is 16.6. The summed E-state index contributed by atoms with van der Waals surface area (Å²) in [6, 6.07) is 16.9. The normalized spacial score (nSPS) is 10.3. The summed E-state index contributed by atoms with van der Waals surface area (Å²) >= 11 is 0. The molecule has 3 aromatic rings. The number of anilines is 1. The fourth-order valence-electron chi connectivity index (χ4n) is 2.48. The van der Waals surface area contributed by atoms with Gasteiger partial charge in [-0.15, -0.1) is 0 Å². The minimum absolute atomic E-state index is 0.148. The zero-order chi connectivity index (χ0) is 17.6. The number of amides is 1. The Morgan fingerprint density at radius 2 is 1.80 bits per heavy atom. The molecule has 1 N–H and O–H groups in total. The molecular weight excluding hydrogens is 318 g/mol. The van der Waals surface area contributed by atoms with Crippen molar-refractivity contribution in [3.63, 3.8) is 0 Å². The van der Waals surface area contributed by atoms with E-state index < -0.39 is 0 Å². The Labute approximate surface area is 146 Å². The molecule has 3 rings (SSSR count). The maximum atomic E-state index is 12.2. The Balaban J connectivity index is 1.66. The Kier molecular flexibility index (Phi) is 4.99. The number of carbonyl (C=O) groups is 1. The van der Waals surface area contributed by atoms with Crippen LogP contribution in [-0.4, -0.2) is 29.9 Å². The van der Waals surface area contributed by atoms with E-state index in [1.807, 2.05) is 36.4 Å². The number of nitrogens with one attached hydrogen (secondary N) is 1. The fourth-order valence-corrected chi connectivity index (χ4v) is 2.48. The van der Waals surface area contributed by atoms with Gasteiger partial charge in [-0.3, -0.25) is 4.79 Å². The summed E-state index contributed by atoms with van der Waals surface area (Å²) in [6.45, 7) is 0. The van der Waals surface area contributed by atoms with Gasteiger partial charge in [0, 0.05) is 12.3 Å². The van der Waals surface area contributed by atoms with E-state index in [9.17, 15) is 4.79 Å². The van der Waals surface area contributed by atoms with Crippen molar-refractivity contribution in [3.8, 4) is 17.2 Å². The standard InChI is InChI=1S/C19H19N3O3/c1-24-16-9-8-14(12-17(16)25-2)13-19(23)20-18-10-11-22(21-18)15-6-4-3-5-7-15/h3-12H,13H2,1-2H3,(H,20,21,23). The van der Waals surface area contributed by atoms with Crippen molar-refractivity contribution in [2.75, 3.05) is 19.5 Å². The molecule has 6 nitrogen and oxygen atoms in total. The minimum Gasteiger partial charge on any atom is -0.493 e. The van der Waals surface area contributed by atoms with Crippen LogP contribution in [0.15, 0.2) is 60.8 Å². The summed E-state index contributed by atoms with van der Waals surface area (Å²) in [7, 11) is 3.14. The number of rotatable bonds is 6. The van der Waals surface area contributed by atoms with E-state index in [2.05, 4.69) is 10.4 Å². The molecule has 0 atom stereocenters. The van der Waals surface area contributed by atoms with Crippen molar-refractivity contribution in [2.45, 2.75) is 6.42 Å². The first-order valence-corrected chi connectivity index (χ1v) is 7.81. The van der Waals surface area contributed by atoms with Crippen LogP contribution in [0.4, 0.5) is 5.82 Å². The van der Waals surface area contributed by atoms with Gasteiger partial charge in [-0.1, -0.05) is 24.3 Å². The highest BCUT2D eigenvalue weighted by Crippen LogP contribution is 2.27. The summed E-state index contributed by atoms with van der Waals surface area (Å²) in [6.07, 6.45) is 2.03. The number of nitrogens with zero attached hydrogens (tertiary/aromatic N) is 2. The number of hydrogen-bond donors (Lipinski definition) is 1. The summed E-state index contributed by atoms with van der Waals surface area (Å²) in [5, 5.41) is 7.17. The van der Waals surface area contributed by atoms with Gasteiger partial charge in [-0.05, 0) is 29.8 Å². The third-order valence-corrected chi connectivity index (χ3v) is 3.69. The number of para-hydroxylation sites is 1. The molecule has 0 spiro atoms. The Morgan fingerprint density at radius 1 is 1.04 bits per heavy atom. The van der Waals surface area contributed by atoms with Crippen molar-refractivity contribution in [2.24, 2.45) is 0 Å². The molecule has 25 heavy (non-hydrogen) atoms. The zero-order valence-corrected chi connectivity index (χ0v) is 14.1. The van der Waals surface area contributed by atoms with Crippen molar-refractivity contribution in [3.05, 3.63) is 66.4 Å². The van der Waals surface area contributed by atoms with Crippen molar-refractivity contribution in [1.82, 2.24) is 9.78 Å². The number of ether oxygens (including phenoxy) is 2. The first-order valence-electron chi connectivity index (χ1n) is 7.81. The lowest BCUT2D eigenvalue weighted by atomic mass is 10.1. The third-order valence-electron chi connectivity index (χ3n) is 3.69. The fraction of sp³-hybridized carbons (Fsp3) is 0.158. The van der Waals surface area contributed by atoms with E-state index >= 15 is 0 Å². The lowest BCUT2D eigenvalue weighted by Crippen LogP contribution is -2.15. The van der Waals surface area contributed by atoms with Gasteiger partial charge in [-0.2, -0.15) is 5.10 Å². The summed E-state index contributed by atoms with van der Waals surface area (Å²) < 4.78 is 12.2. The Hall–Kier alpha value is -3.28. The first-order chi connectivity index (χ1) is 12.2. The summed E-state index contributed by atoms with van der Waals surface area (Å²) in [5.74, 6) is 1.59. The highest BCUT2D eigenvalue weighted by molar-refractivity contribution is 5.91. The molecule has 0 aliphatic heterocycles. The minimum atomic E-state index is -0.148. The topological polar surface area (TPSA) is 65.4 Å². The lowest BCUT2D eigenvalue weighted by Gasteiger charge is -2.09. The predicted molar refractivity (Wildman–Crippen MR) is 95.4 cm³/mol.